The Hall–Kier alpha value is -1.56. The summed E-state index contributed by atoms with van der Waals surface area (Å²) in [5.41, 5.74) is 1.00. The van der Waals surface area contributed by atoms with E-state index >= 15 is 0 Å². The average Bonchev–Trinajstić information content (AvgIpc) is 2.59. The first-order chi connectivity index (χ1) is 12.0. The van der Waals surface area contributed by atoms with Crippen LogP contribution in [0, 0.1) is 0 Å². The smallest absolute Gasteiger partial charge is 0.226 e. The lowest BCUT2D eigenvalue weighted by molar-refractivity contribution is 0.208. The fraction of sp³-hybridized carbons (Fsp3) is 0.444. The third kappa shape index (κ3) is 4.75. The van der Waals surface area contributed by atoms with E-state index in [1.807, 2.05) is 43.3 Å². The monoisotopic (exact) mass is 379 g/mol. The zero-order valence-corrected chi connectivity index (χ0v) is 16.1. The van der Waals surface area contributed by atoms with Crippen LogP contribution < -0.4 is 10.2 Å². The van der Waals surface area contributed by atoms with Gasteiger partial charge in [-0.2, -0.15) is 4.98 Å². The van der Waals surface area contributed by atoms with Crippen molar-refractivity contribution in [1.29, 1.82) is 0 Å². The van der Waals surface area contributed by atoms with Crippen LogP contribution >= 0.6 is 23.2 Å². The van der Waals surface area contributed by atoms with Crippen LogP contribution in [0.4, 0.5) is 11.8 Å². The van der Waals surface area contributed by atoms with E-state index in [4.69, 9.17) is 23.2 Å². The number of aromatic nitrogens is 2. The molecule has 7 heteroatoms. The van der Waals surface area contributed by atoms with E-state index in [1.54, 1.807) is 6.20 Å². The van der Waals surface area contributed by atoms with Gasteiger partial charge in [0.15, 0.2) is 0 Å². The van der Waals surface area contributed by atoms with E-state index in [0.29, 0.717) is 12.0 Å². The minimum Gasteiger partial charge on any atom is -0.366 e. The number of halogens is 2. The molecule has 0 amide bonds. The van der Waals surface area contributed by atoms with Crippen LogP contribution in [0.25, 0.3) is 0 Å². The summed E-state index contributed by atoms with van der Waals surface area (Å²) in [5.74, 6) is 1.57. The summed E-state index contributed by atoms with van der Waals surface area (Å²) in [6.07, 6.45) is 4.04. The second kappa shape index (κ2) is 8.21. The number of nitrogens with zero attached hydrogens (tertiary/aromatic N) is 4. The summed E-state index contributed by atoms with van der Waals surface area (Å²) >= 11 is 12.6. The summed E-state index contributed by atoms with van der Waals surface area (Å²) in [6, 6.07) is 7.93. The van der Waals surface area contributed by atoms with Crippen molar-refractivity contribution in [1.82, 2.24) is 14.9 Å². The second-order valence-electron chi connectivity index (χ2n) is 6.56. The lowest BCUT2D eigenvalue weighted by atomic mass is 10.0. The fourth-order valence-corrected chi connectivity index (χ4v) is 3.59. The minimum absolute atomic E-state index is 0.347. The SMILES string of the molecule is CN(C)c1nccc(NC2CCCN(Cc3c(Cl)cccc3Cl)C2)n1. The quantitative estimate of drug-likeness (QED) is 0.852. The van der Waals surface area contributed by atoms with Crippen LogP contribution in [0.2, 0.25) is 10.0 Å². The zero-order valence-electron chi connectivity index (χ0n) is 14.5. The predicted molar refractivity (Wildman–Crippen MR) is 105 cm³/mol. The average molecular weight is 380 g/mol. The van der Waals surface area contributed by atoms with Gasteiger partial charge in [0.25, 0.3) is 0 Å². The molecule has 1 aromatic heterocycles. The fourth-order valence-electron chi connectivity index (χ4n) is 3.08. The Morgan fingerprint density at radius 1 is 1.24 bits per heavy atom. The van der Waals surface area contributed by atoms with Crippen molar-refractivity contribution < 1.29 is 0 Å². The van der Waals surface area contributed by atoms with Gasteiger partial charge in [-0.1, -0.05) is 29.3 Å². The van der Waals surface area contributed by atoms with E-state index < -0.39 is 0 Å². The van der Waals surface area contributed by atoms with Crippen molar-refractivity contribution in [3.63, 3.8) is 0 Å². The summed E-state index contributed by atoms with van der Waals surface area (Å²) in [6.45, 7) is 2.75. The molecule has 1 aromatic carbocycles. The van der Waals surface area contributed by atoms with Gasteiger partial charge in [-0.05, 0) is 37.6 Å². The molecule has 2 aromatic rings. The van der Waals surface area contributed by atoms with Gasteiger partial charge in [0.1, 0.15) is 5.82 Å². The highest BCUT2D eigenvalue weighted by Crippen LogP contribution is 2.27. The van der Waals surface area contributed by atoms with Crippen molar-refractivity contribution >= 4 is 35.0 Å². The van der Waals surface area contributed by atoms with Crippen LogP contribution in [-0.4, -0.2) is 48.1 Å². The summed E-state index contributed by atoms with van der Waals surface area (Å²) in [4.78, 5) is 13.1. The maximum atomic E-state index is 6.31. The Balaban J connectivity index is 1.64. The number of anilines is 2. The minimum atomic E-state index is 0.347. The van der Waals surface area contributed by atoms with Gasteiger partial charge in [0.2, 0.25) is 5.95 Å². The van der Waals surface area contributed by atoms with Crippen LogP contribution in [0.1, 0.15) is 18.4 Å². The van der Waals surface area contributed by atoms with Crippen molar-refractivity contribution in [3.8, 4) is 0 Å². The molecule has 1 N–H and O–H groups in total. The summed E-state index contributed by atoms with van der Waals surface area (Å²) < 4.78 is 0. The number of likely N-dealkylation sites (tertiary alicyclic amines) is 1. The number of hydrogen-bond acceptors (Lipinski definition) is 5. The van der Waals surface area contributed by atoms with Gasteiger partial charge in [-0.15, -0.1) is 0 Å². The first kappa shape index (κ1) is 18.2. The highest BCUT2D eigenvalue weighted by atomic mass is 35.5. The highest BCUT2D eigenvalue weighted by Gasteiger charge is 2.21. The number of piperidine rings is 1. The summed E-state index contributed by atoms with van der Waals surface area (Å²) in [5, 5.41) is 5.00. The third-order valence-electron chi connectivity index (χ3n) is 4.34. The van der Waals surface area contributed by atoms with E-state index in [-0.39, 0.29) is 0 Å². The molecule has 3 rings (SSSR count). The first-order valence-electron chi connectivity index (χ1n) is 8.45. The highest BCUT2D eigenvalue weighted by molar-refractivity contribution is 6.35. The first-order valence-corrected chi connectivity index (χ1v) is 9.20. The van der Waals surface area contributed by atoms with Crippen molar-refractivity contribution in [2.75, 3.05) is 37.4 Å². The Morgan fingerprint density at radius 2 is 2.00 bits per heavy atom. The normalized spacial score (nSPS) is 18.2. The number of hydrogen-bond donors (Lipinski definition) is 1. The maximum Gasteiger partial charge on any atom is 0.226 e. The molecule has 1 fully saturated rings. The summed E-state index contributed by atoms with van der Waals surface area (Å²) in [7, 11) is 3.88. The molecule has 1 unspecified atom stereocenters. The largest absolute Gasteiger partial charge is 0.366 e. The van der Waals surface area contributed by atoms with Crippen LogP contribution in [0.5, 0.6) is 0 Å². The van der Waals surface area contributed by atoms with E-state index in [1.165, 1.54) is 0 Å². The topological polar surface area (TPSA) is 44.3 Å². The molecule has 134 valence electrons. The van der Waals surface area contributed by atoms with Crippen LogP contribution in [0.3, 0.4) is 0 Å². The van der Waals surface area contributed by atoms with Crippen molar-refractivity contribution in [2.24, 2.45) is 0 Å². The zero-order chi connectivity index (χ0) is 17.8. The van der Waals surface area contributed by atoms with Crippen LogP contribution in [0.15, 0.2) is 30.5 Å². The van der Waals surface area contributed by atoms with Crippen LogP contribution in [-0.2, 0) is 6.54 Å². The Labute approximate surface area is 159 Å². The number of benzene rings is 1. The van der Waals surface area contributed by atoms with Gasteiger partial charge >= 0.3 is 0 Å². The van der Waals surface area contributed by atoms with Crippen molar-refractivity contribution in [2.45, 2.75) is 25.4 Å². The molecular formula is C18H23Cl2N5. The molecule has 2 heterocycles. The van der Waals surface area contributed by atoms with Crippen molar-refractivity contribution in [3.05, 3.63) is 46.1 Å². The Kier molecular flexibility index (Phi) is 5.99. The van der Waals surface area contributed by atoms with E-state index in [0.717, 1.165) is 53.9 Å². The van der Waals surface area contributed by atoms with E-state index in [2.05, 4.69) is 20.2 Å². The van der Waals surface area contributed by atoms with Gasteiger partial charge in [-0.25, -0.2) is 4.98 Å². The van der Waals surface area contributed by atoms with Gasteiger partial charge in [-0.3, -0.25) is 4.90 Å². The maximum absolute atomic E-state index is 6.31. The molecular weight excluding hydrogens is 357 g/mol. The molecule has 0 saturated carbocycles. The second-order valence-corrected chi connectivity index (χ2v) is 7.37. The molecule has 1 atom stereocenters. The molecule has 1 saturated heterocycles. The molecule has 0 spiro atoms. The lowest BCUT2D eigenvalue weighted by Crippen LogP contribution is -2.41. The van der Waals surface area contributed by atoms with E-state index in [9.17, 15) is 0 Å². The standard InChI is InChI=1S/C18H23Cl2N5/c1-24(2)18-21-9-8-17(23-18)22-13-5-4-10-25(11-13)12-14-15(19)6-3-7-16(14)20/h3,6-9,13H,4-5,10-12H2,1-2H3,(H,21,22,23). The molecule has 0 radical (unpaired) electrons. The number of nitrogens with one attached hydrogen (secondary N) is 1. The van der Waals surface area contributed by atoms with Gasteiger partial charge in [0, 0.05) is 55.0 Å². The third-order valence-corrected chi connectivity index (χ3v) is 5.05. The Bertz CT molecular complexity index is 702. The molecule has 0 aliphatic carbocycles. The predicted octanol–water partition coefficient (Wildman–Crippen LogP) is 3.93. The lowest BCUT2D eigenvalue weighted by Gasteiger charge is -2.33. The Morgan fingerprint density at radius 3 is 2.72 bits per heavy atom. The number of rotatable bonds is 5. The van der Waals surface area contributed by atoms with Gasteiger partial charge < -0.3 is 10.2 Å². The molecule has 25 heavy (non-hydrogen) atoms. The molecule has 1 aliphatic rings. The van der Waals surface area contributed by atoms with Gasteiger partial charge in [0.05, 0.1) is 0 Å². The molecule has 0 bridgehead atoms. The molecule has 1 aliphatic heterocycles. The molecule has 5 nitrogen and oxygen atoms in total.